The molecule has 1 atom stereocenters. The van der Waals surface area contributed by atoms with E-state index in [1.807, 2.05) is 0 Å². The van der Waals surface area contributed by atoms with Gasteiger partial charge in [0.05, 0.1) is 0 Å². The van der Waals surface area contributed by atoms with Gasteiger partial charge in [0.15, 0.2) is 0 Å². The van der Waals surface area contributed by atoms with E-state index in [9.17, 15) is 26.3 Å². The minimum Gasteiger partial charge on any atom is -0.350 e. The number of alkyl halides is 6. The van der Waals surface area contributed by atoms with Crippen LogP contribution < -0.4 is 0 Å². The molecule has 1 nitrogen and oxygen atoms in total. The van der Waals surface area contributed by atoms with Crippen LogP contribution in [0, 0.1) is 0 Å². The molecule has 0 aliphatic carbocycles. The molecule has 0 aromatic heterocycles. The third-order valence-electron chi connectivity index (χ3n) is 2.30. The monoisotopic (exact) mass is 270 g/mol. The van der Waals surface area contributed by atoms with E-state index in [0.29, 0.717) is 17.7 Å². The Morgan fingerprint density at radius 1 is 0.944 bits per heavy atom. The van der Waals surface area contributed by atoms with Crippen molar-refractivity contribution in [2.75, 3.05) is 0 Å². The molecule has 1 rings (SSSR count). The number of rotatable bonds is 3. The minimum atomic E-state index is -6.10. The van der Waals surface area contributed by atoms with Gasteiger partial charge < -0.3 is 5.11 Å². The Morgan fingerprint density at radius 2 is 1.39 bits per heavy atom. The Labute approximate surface area is 98.4 Å². The molecular weight excluding hydrogens is 262 g/mol. The molecule has 7 heteroatoms. The van der Waals surface area contributed by atoms with Crippen LogP contribution in [0.15, 0.2) is 30.8 Å². The lowest BCUT2D eigenvalue weighted by Crippen LogP contribution is -2.53. The van der Waals surface area contributed by atoms with Crippen LogP contribution >= 0.6 is 0 Å². The zero-order valence-electron chi connectivity index (χ0n) is 8.81. The summed E-state index contributed by atoms with van der Waals surface area (Å²) in [4.78, 5) is 0. The van der Waals surface area contributed by atoms with Crippen LogP contribution in [0.4, 0.5) is 26.3 Å². The molecule has 18 heavy (non-hydrogen) atoms. The summed E-state index contributed by atoms with van der Waals surface area (Å²) in [5.41, 5.74) is -0.917. The average molecular weight is 270 g/mol. The quantitative estimate of drug-likeness (QED) is 0.831. The summed E-state index contributed by atoms with van der Waals surface area (Å²) in [5.74, 6) is -10.7. The maximum absolute atomic E-state index is 13.3. The third kappa shape index (κ3) is 2.22. The summed E-state index contributed by atoms with van der Waals surface area (Å²) in [6.07, 6.45) is -4.83. The van der Waals surface area contributed by atoms with E-state index in [-0.39, 0.29) is 0 Å². The molecule has 0 saturated carbocycles. The van der Waals surface area contributed by atoms with Crippen LogP contribution in [0.5, 0.6) is 0 Å². The first-order valence-corrected chi connectivity index (χ1v) is 4.63. The van der Waals surface area contributed by atoms with Gasteiger partial charge in [0.2, 0.25) is 0 Å². The highest BCUT2D eigenvalue weighted by Crippen LogP contribution is 2.48. The molecule has 0 fully saturated rings. The van der Waals surface area contributed by atoms with Gasteiger partial charge in [-0.3, -0.25) is 0 Å². The molecular formula is C11H8F6O. The van der Waals surface area contributed by atoms with E-state index in [1.54, 1.807) is 0 Å². The van der Waals surface area contributed by atoms with Gasteiger partial charge in [0.1, 0.15) is 0 Å². The molecule has 0 heterocycles. The molecule has 0 radical (unpaired) electrons. The second-order valence-electron chi connectivity index (χ2n) is 3.52. The Bertz CT molecular complexity index is 432. The highest BCUT2D eigenvalue weighted by atomic mass is 19.4. The highest BCUT2D eigenvalue weighted by molar-refractivity contribution is 5.47. The van der Waals surface area contributed by atoms with Crippen molar-refractivity contribution in [1.29, 1.82) is 0 Å². The fraction of sp³-hybridized carbons (Fsp3) is 0.273. The van der Waals surface area contributed by atoms with Crippen molar-refractivity contribution in [3.05, 3.63) is 42.0 Å². The van der Waals surface area contributed by atoms with Gasteiger partial charge in [0.25, 0.3) is 0 Å². The highest BCUT2D eigenvalue weighted by Gasteiger charge is 2.71. The average Bonchev–Trinajstić information content (AvgIpc) is 2.27. The van der Waals surface area contributed by atoms with Gasteiger partial charge in [-0.25, -0.2) is 0 Å². The third-order valence-corrected chi connectivity index (χ3v) is 2.30. The Morgan fingerprint density at radius 3 is 1.72 bits per heavy atom. The van der Waals surface area contributed by atoms with Crippen molar-refractivity contribution in [1.82, 2.24) is 0 Å². The first-order chi connectivity index (χ1) is 8.04. The first-order valence-electron chi connectivity index (χ1n) is 4.63. The van der Waals surface area contributed by atoms with E-state index in [1.165, 1.54) is 6.08 Å². The van der Waals surface area contributed by atoms with Crippen molar-refractivity contribution in [3.63, 3.8) is 0 Å². The normalized spacial score (nSPS) is 16.2. The Hall–Kier alpha value is -1.50. The standard InChI is InChI=1S/C11H8F6O/c1-2-7-3-5-8(6-4-7)9(12,13)10(14,18)11(15,16)17/h2-6,18H,1H2. The van der Waals surface area contributed by atoms with Gasteiger partial charge in [-0.2, -0.15) is 26.3 Å². The van der Waals surface area contributed by atoms with E-state index >= 15 is 0 Å². The van der Waals surface area contributed by atoms with Gasteiger partial charge in [-0.05, 0) is 5.56 Å². The molecule has 1 N–H and O–H groups in total. The predicted molar refractivity (Wildman–Crippen MR) is 52.5 cm³/mol. The first kappa shape index (κ1) is 14.6. The zero-order chi connectivity index (χ0) is 14.2. The Kier molecular flexibility index (Phi) is 3.49. The number of halogens is 6. The molecule has 0 aliphatic heterocycles. The smallest absolute Gasteiger partial charge is 0.350 e. The number of benzene rings is 1. The molecule has 0 aliphatic rings. The van der Waals surface area contributed by atoms with E-state index in [2.05, 4.69) is 6.58 Å². The van der Waals surface area contributed by atoms with Crippen LogP contribution in [-0.4, -0.2) is 17.1 Å². The SMILES string of the molecule is C=Cc1ccc(C(F)(F)C(O)(F)C(F)(F)F)cc1. The van der Waals surface area contributed by atoms with Gasteiger partial charge in [-0.1, -0.05) is 36.9 Å². The van der Waals surface area contributed by atoms with Crippen LogP contribution in [-0.2, 0) is 5.92 Å². The topological polar surface area (TPSA) is 20.2 Å². The summed E-state index contributed by atoms with van der Waals surface area (Å²) >= 11 is 0. The molecule has 1 aromatic carbocycles. The fourth-order valence-corrected chi connectivity index (χ4v) is 1.20. The number of hydrogen-bond acceptors (Lipinski definition) is 1. The number of aliphatic hydroxyl groups is 1. The van der Waals surface area contributed by atoms with Crippen molar-refractivity contribution in [2.45, 2.75) is 18.0 Å². The van der Waals surface area contributed by atoms with Gasteiger partial charge in [0, 0.05) is 5.56 Å². The van der Waals surface area contributed by atoms with Crippen LogP contribution in [0.2, 0.25) is 0 Å². The summed E-state index contributed by atoms with van der Waals surface area (Å²) in [7, 11) is 0. The van der Waals surface area contributed by atoms with Gasteiger partial charge >= 0.3 is 18.0 Å². The summed E-state index contributed by atoms with van der Waals surface area (Å²) in [6.45, 7) is 3.32. The zero-order valence-corrected chi connectivity index (χ0v) is 8.81. The minimum absolute atomic E-state index is 0.365. The molecule has 0 saturated heterocycles. The molecule has 1 aromatic rings. The van der Waals surface area contributed by atoms with E-state index in [0.717, 1.165) is 12.1 Å². The fourth-order valence-electron chi connectivity index (χ4n) is 1.20. The van der Waals surface area contributed by atoms with E-state index < -0.39 is 23.5 Å². The molecule has 0 amide bonds. The number of hydrogen-bond donors (Lipinski definition) is 1. The molecule has 0 bridgehead atoms. The molecule has 0 spiro atoms. The van der Waals surface area contributed by atoms with Crippen molar-refractivity contribution in [2.24, 2.45) is 0 Å². The molecule has 100 valence electrons. The van der Waals surface area contributed by atoms with Crippen molar-refractivity contribution < 1.29 is 31.4 Å². The lowest BCUT2D eigenvalue weighted by molar-refractivity contribution is -0.390. The second-order valence-corrected chi connectivity index (χ2v) is 3.52. The maximum atomic E-state index is 13.3. The second kappa shape index (κ2) is 4.31. The van der Waals surface area contributed by atoms with Crippen LogP contribution in [0.1, 0.15) is 11.1 Å². The lowest BCUT2D eigenvalue weighted by atomic mass is 9.99. The van der Waals surface area contributed by atoms with E-state index in [4.69, 9.17) is 5.11 Å². The summed E-state index contributed by atoms with van der Waals surface area (Å²) in [6, 6.07) is 3.24. The van der Waals surface area contributed by atoms with Crippen LogP contribution in [0.25, 0.3) is 6.08 Å². The van der Waals surface area contributed by atoms with Crippen molar-refractivity contribution in [3.8, 4) is 0 Å². The Balaban J connectivity index is 3.23. The van der Waals surface area contributed by atoms with Crippen molar-refractivity contribution >= 4 is 6.08 Å². The van der Waals surface area contributed by atoms with Crippen LogP contribution in [0.3, 0.4) is 0 Å². The lowest BCUT2D eigenvalue weighted by Gasteiger charge is -2.30. The maximum Gasteiger partial charge on any atom is 0.455 e. The predicted octanol–water partition coefficient (Wildman–Crippen LogP) is 3.64. The molecule has 1 unspecified atom stereocenters. The van der Waals surface area contributed by atoms with Gasteiger partial charge in [-0.15, -0.1) is 0 Å². The summed E-state index contributed by atoms with van der Waals surface area (Å²) < 4.78 is 75.6. The largest absolute Gasteiger partial charge is 0.455 e. The summed E-state index contributed by atoms with van der Waals surface area (Å²) in [5, 5.41) is 8.40.